The summed E-state index contributed by atoms with van der Waals surface area (Å²) >= 11 is 0. The Morgan fingerprint density at radius 2 is 1.89 bits per heavy atom. The van der Waals surface area contributed by atoms with Crippen molar-refractivity contribution in [3.8, 4) is 0 Å². The number of hydrogen-bond donors (Lipinski definition) is 1. The first-order chi connectivity index (χ1) is 8.79. The fourth-order valence-corrected chi connectivity index (χ4v) is 3.13. The van der Waals surface area contributed by atoms with E-state index in [2.05, 4.69) is 6.92 Å². The molecule has 112 valence electrons. The standard InChI is InChI=1S/C14H23F3O2/c1-2-4-11-5-9-13(10-6-11,12(18)19)7-3-8-14(15,16)17/h11H,2-10H2,1H3,(H,18,19). The average Bonchev–Trinajstić information content (AvgIpc) is 2.30. The Hall–Kier alpha value is -0.740. The summed E-state index contributed by atoms with van der Waals surface area (Å²) in [6, 6.07) is 0. The van der Waals surface area contributed by atoms with Crippen LogP contribution in [0.2, 0.25) is 0 Å². The topological polar surface area (TPSA) is 37.3 Å². The number of carboxylic acids is 1. The molecule has 19 heavy (non-hydrogen) atoms. The van der Waals surface area contributed by atoms with Crippen LogP contribution in [-0.4, -0.2) is 17.3 Å². The number of aliphatic carboxylic acids is 1. The molecular formula is C14H23F3O2. The third kappa shape index (κ3) is 5.03. The van der Waals surface area contributed by atoms with Gasteiger partial charge in [0.05, 0.1) is 5.41 Å². The molecule has 0 amide bonds. The van der Waals surface area contributed by atoms with E-state index in [1.165, 1.54) is 0 Å². The third-order valence-corrected chi connectivity index (χ3v) is 4.33. The average molecular weight is 280 g/mol. The van der Waals surface area contributed by atoms with Crippen LogP contribution in [0, 0.1) is 11.3 Å². The minimum Gasteiger partial charge on any atom is -0.481 e. The number of alkyl halides is 3. The van der Waals surface area contributed by atoms with Crippen molar-refractivity contribution < 1.29 is 23.1 Å². The monoisotopic (exact) mass is 280 g/mol. The van der Waals surface area contributed by atoms with Crippen molar-refractivity contribution in [1.29, 1.82) is 0 Å². The van der Waals surface area contributed by atoms with Gasteiger partial charge in [0.1, 0.15) is 0 Å². The summed E-state index contributed by atoms with van der Waals surface area (Å²) in [5.41, 5.74) is -0.907. The molecule has 0 unspecified atom stereocenters. The zero-order valence-electron chi connectivity index (χ0n) is 11.4. The molecule has 1 saturated carbocycles. The Kier molecular flexibility index (Phi) is 5.68. The molecule has 0 radical (unpaired) electrons. The van der Waals surface area contributed by atoms with Crippen molar-refractivity contribution in [2.24, 2.45) is 11.3 Å². The summed E-state index contributed by atoms with van der Waals surface area (Å²) in [5.74, 6) is -0.357. The Morgan fingerprint density at radius 3 is 2.32 bits per heavy atom. The Bertz CT molecular complexity index is 292. The van der Waals surface area contributed by atoms with Gasteiger partial charge in [0.2, 0.25) is 0 Å². The van der Waals surface area contributed by atoms with Gasteiger partial charge in [-0.05, 0) is 44.4 Å². The second kappa shape index (κ2) is 6.62. The Labute approximate surface area is 112 Å². The normalized spacial score (nSPS) is 28.3. The van der Waals surface area contributed by atoms with Gasteiger partial charge in [-0.2, -0.15) is 13.2 Å². The van der Waals surface area contributed by atoms with E-state index in [-0.39, 0.29) is 12.8 Å². The predicted octanol–water partition coefficient (Wildman–Crippen LogP) is 4.78. The van der Waals surface area contributed by atoms with E-state index in [0.29, 0.717) is 18.8 Å². The van der Waals surface area contributed by atoms with Crippen molar-refractivity contribution in [3.05, 3.63) is 0 Å². The van der Waals surface area contributed by atoms with Gasteiger partial charge in [-0.1, -0.05) is 19.8 Å². The van der Waals surface area contributed by atoms with Gasteiger partial charge in [0, 0.05) is 6.42 Å². The molecule has 0 atom stereocenters. The molecular weight excluding hydrogens is 257 g/mol. The highest BCUT2D eigenvalue weighted by atomic mass is 19.4. The molecule has 0 aliphatic heterocycles. The SMILES string of the molecule is CCCC1CCC(CCCC(F)(F)F)(C(=O)O)CC1. The summed E-state index contributed by atoms with van der Waals surface area (Å²) in [6.07, 6.45) is -0.0560. The van der Waals surface area contributed by atoms with Gasteiger partial charge < -0.3 is 5.11 Å². The molecule has 1 rings (SSSR count). The highest BCUT2D eigenvalue weighted by Crippen LogP contribution is 2.44. The van der Waals surface area contributed by atoms with Crippen LogP contribution in [-0.2, 0) is 4.79 Å². The maximum atomic E-state index is 12.2. The second-order valence-electron chi connectivity index (χ2n) is 5.79. The smallest absolute Gasteiger partial charge is 0.389 e. The zero-order valence-corrected chi connectivity index (χ0v) is 11.4. The number of carboxylic acid groups (broad SMARTS) is 1. The van der Waals surface area contributed by atoms with Crippen molar-refractivity contribution in [2.75, 3.05) is 0 Å². The number of halogens is 3. The first-order valence-corrected chi connectivity index (χ1v) is 7.09. The highest BCUT2D eigenvalue weighted by Gasteiger charge is 2.42. The van der Waals surface area contributed by atoms with Gasteiger partial charge in [-0.15, -0.1) is 0 Å². The van der Waals surface area contributed by atoms with Crippen LogP contribution >= 0.6 is 0 Å². The van der Waals surface area contributed by atoms with E-state index >= 15 is 0 Å². The summed E-state index contributed by atoms with van der Waals surface area (Å²) in [5, 5.41) is 9.35. The van der Waals surface area contributed by atoms with Crippen LogP contribution in [0.4, 0.5) is 13.2 Å². The van der Waals surface area contributed by atoms with Gasteiger partial charge in [-0.25, -0.2) is 0 Å². The first-order valence-electron chi connectivity index (χ1n) is 7.09. The molecule has 1 N–H and O–H groups in total. The summed E-state index contributed by atoms with van der Waals surface area (Å²) < 4.78 is 36.5. The fourth-order valence-electron chi connectivity index (χ4n) is 3.13. The lowest BCUT2D eigenvalue weighted by Gasteiger charge is -2.37. The van der Waals surface area contributed by atoms with E-state index in [4.69, 9.17) is 0 Å². The molecule has 0 aromatic heterocycles. The van der Waals surface area contributed by atoms with Gasteiger partial charge in [0.25, 0.3) is 0 Å². The first kappa shape index (κ1) is 16.3. The van der Waals surface area contributed by atoms with Crippen LogP contribution < -0.4 is 0 Å². The lowest BCUT2D eigenvalue weighted by molar-refractivity contribution is -0.155. The zero-order chi connectivity index (χ0) is 14.5. The maximum absolute atomic E-state index is 12.2. The number of carbonyl (C=O) groups is 1. The summed E-state index contributed by atoms with van der Waals surface area (Å²) in [4.78, 5) is 11.4. The van der Waals surface area contributed by atoms with Crippen molar-refractivity contribution in [1.82, 2.24) is 0 Å². The quantitative estimate of drug-likeness (QED) is 0.760. The summed E-state index contributed by atoms with van der Waals surface area (Å²) in [7, 11) is 0. The van der Waals surface area contributed by atoms with E-state index in [0.717, 1.165) is 25.7 Å². The molecule has 5 heteroatoms. The molecule has 0 saturated heterocycles. The van der Waals surface area contributed by atoms with Gasteiger partial charge in [0.15, 0.2) is 0 Å². The summed E-state index contributed by atoms with van der Waals surface area (Å²) in [6.45, 7) is 2.10. The molecule has 2 nitrogen and oxygen atoms in total. The largest absolute Gasteiger partial charge is 0.481 e. The number of hydrogen-bond acceptors (Lipinski definition) is 1. The molecule has 1 aliphatic rings. The van der Waals surface area contributed by atoms with Crippen LogP contribution in [0.5, 0.6) is 0 Å². The molecule has 0 heterocycles. The van der Waals surface area contributed by atoms with Crippen LogP contribution in [0.1, 0.15) is 64.7 Å². The molecule has 0 spiro atoms. The minimum atomic E-state index is -4.18. The van der Waals surface area contributed by atoms with E-state index < -0.39 is 24.0 Å². The molecule has 0 bridgehead atoms. The Balaban J connectivity index is 2.51. The van der Waals surface area contributed by atoms with Crippen LogP contribution in [0.15, 0.2) is 0 Å². The lowest BCUT2D eigenvalue weighted by Crippen LogP contribution is -2.35. The van der Waals surface area contributed by atoms with Crippen LogP contribution in [0.25, 0.3) is 0 Å². The second-order valence-corrected chi connectivity index (χ2v) is 5.79. The lowest BCUT2D eigenvalue weighted by atomic mass is 9.67. The van der Waals surface area contributed by atoms with Crippen molar-refractivity contribution >= 4 is 5.97 Å². The van der Waals surface area contributed by atoms with Crippen LogP contribution in [0.3, 0.4) is 0 Å². The molecule has 0 aromatic carbocycles. The molecule has 1 aliphatic carbocycles. The van der Waals surface area contributed by atoms with Crippen molar-refractivity contribution in [2.45, 2.75) is 70.9 Å². The third-order valence-electron chi connectivity index (χ3n) is 4.33. The van der Waals surface area contributed by atoms with E-state index in [1.54, 1.807) is 0 Å². The predicted molar refractivity (Wildman–Crippen MR) is 66.8 cm³/mol. The molecule has 0 aromatic rings. The fraction of sp³-hybridized carbons (Fsp3) is 0.929. The number of rotatable bonds is 6. The van der Waals surface area contributed by atoms with E-state index in [9.17, 15) is 23.1 Å². The Morgan fingerprint density at radius 1 is 1.32 bits per heavy atom. The van der Waals surface area contributed by atoms with Crippen molar-refractivity contribution in [3.63, 3.8) is 0 Å². The van der Waals surface area contributed by atoms with Gasteiger partial charge in [-0.3, -0.25) is 4.79 Å². The molecule has 1 fully saturated rings. The highest BCUT2D eigenvalue weighted by molar-refractivity contribution is 5.74. The van der Waals surface area contributed by atoms with Gasteiger partial charge >= 0.3 is 12.1 Å². The minimum absolute atomic E-state index is 0.0752. The van der Waals surface area contributed by atoms with E-state index in [1.807, 2.05) is 0 Å². The maximum Gasteiger partial charge on any atom is 0.389 e.